The fourth-order valence-electron chi connectivity index (χ4n) is 3.06. The van der Waals surface area contributed by atoms with Crippen molar-refractivity contribution in [3.63, 3.8) is 0 Å². The fourth-order valence-corrected chi connectivity index (χ4v) is 3.06. The monoisotopic (exact) mass is 404 g/mol. The third-order valence-electron chi connectivity index (χ3n) is 4.40. The van der Waals surface area contributed by atoms with E-state index in [9.17, 15) is 22.8 Å². The van der Waals surface area contributed by atoms with Gasteiger partial charge in [-0.2, -0.15) is 13.2 Å². The highest BCUT2D eigenvalue weighted by Crippen LogP contribution is 2.29. The Morgan fingerprint density at radius 1 is 1.10 bits per heavy atom. The highest BCUT2D eigenvalue weighted by Gasteiger charge is 2.29. The van der Waals surface area contributed by atoms with Crippen LogP contribution in [0.4, 0.5) is 13.2 Å². The van der Waals surface area contributed by atoms with Crippen LogP contribution in [0.25, 0.3) is 10.9 Å². The Hall–Kier alpha value is -3.20. The Kier molecular flexibility index (Phi) is 5.69. The van der Waals surface area contributed by atoms with Crippen LogP contribution in [0.3, 0.4) is 0 Å². The van der Waals surface area contributed by atoms with E-state index in [-0.39, 0.29) is 18.6 Å². The van der Waals surface area contributed by atoms with Crippen molar-refractivity contribution in [2.45, 2.75) is 25.8 Å². The molecule has 0 aliphatic rings. The van der Waals surface area contributed by atoms with Gasteiger partial charge in [-0.1, -0.05) is 24.3 Å². The van der Waals surface area contributed by atoms with Crippen molar-refractivity contribution in [2.24, 2.45) is 5.73 Å². The van der Waals surface area contributed by atoms with Crippen LogP contribution in [0.1, 0.15) is 17.0 Å². The number of fused-ring (bicyclic) bond motifs is 1. The van der Waals surface area contributed by atoms with Crippen molar-refractivity contribution < 1.29 is 18.0 Å². The van der Waals surface area contributed by atoms with Gasteiger partial charge in [0, 0.05) is 6.54 Å². The van der Waals surface area contributed by atoms with Crippen LogP contribution >= 0.6 is 0 Å². The standard InChI is InChI=1S/C20H19F3N4O2/c1-26(10-13-6-8-14(9-7-13)20(21,22)23)12-18-25-16-5-3-2-4-15(16)19(29)27(18)11-17(24)28/h2-9H,10-12H2,1H3,(H2,24,28). The number of carbonyl (C=O) groups is 1. The Labute approximate surface area is 164 Å². The first-order valence-corrected chi connectivity index (χ1v) is 8.76. The lowest BCUT2D eigenvalue weighted by Crippen LogP contribution is -2.33. The molecule has 1 heterocycles. The minimum Gasteiger partial charge on any atom is -0.368 e. The Balaban J connectivity index is 1.86. The Bertz CT molecular complexity index is 1090. The molecule has 0 fully saturated rings. The van der Waals surface area contributed by atoms with Gasteiger partial charge in [-0.15, -0.1) is 0 Å². The maximum absolute atomic E-state index is 12.7. The molecule has 29 heavy (non-hydrogen) atoms. The van der Waals surface area contributed by atoms with E-state index in [1.54, 1.807) is 36.2 Å². The molecular formula is C20H19F3N4O2. The molecule has 6 nitrogen and oxygen atoms in total. The van der Waals surface area contributed by atoms with Crippen LogP contribution in [-0.4, -0.2) is 27.4 Å². The van der Waals surface area contributed by atoms with Gasteiger partial charge in [0.15, 0.2) is 0 Å². The van der Waals surface area contributed by atoms with Gasteiger partial charge >= 0.3 is 6.18 Å². The van der Waals surface area contributed by atoms with Gasteiger partial charge in [-0.05, 0) is 36.9 Å². The number of hydrogen-bond acceptors (Lipinski definition) is 4. The molecular weight excluding hydrogens is 385 g/mol. The number of benzene rings is 2. The van der Waals surface area contributed by atoms with E-state index >= 15 is 0 Å². The molecule has 152 valence electrons. The Morgan fingerprint density at radius 2 is 1.76 bits per heavy atom. The highest BCUT2D eigenvalue weighted by atomic mass is 19.4. The zero-order chi connectivity index (χ0) is 21.2. The van der Waals surface area contributed by atoms with Gasteiger partial charge in [0.25, 0.3) is 5.56 Å². The minimum absolute atomic E-state index is 0.203. The minimum atomic E-state index is -4.38. The average Bonchev–Trinajstić information content (AvgIpc) is 2.64. The molecule has 0 saturated carbocycles. The normalized spacial score (nSPS) is 11.9. The van der Waals surface area contributed by atoms with Gasteiger partial charge in [0.05, 0.1) is 23.0 Å². The highest BCUT2D eigenvalue weighted by molar-refractivity contribution is 5.78. The first kappa shape index (κ1) is 20.5. The summed E-state index contributed by atoms with van der Waals surface area (Å²) in [6.45, 7) is 0.228. The molecule has 0 atom stereocenters. The number of halogens is 3. The van der Waals surface area contributed by atoms with Crippen molar-refractivity contribution in [2.75, 3.05) is 7.05 Å². The molecule has 0 aliphatic heterocycles. The number of rotatable bonds is 6. The van der Waals surface area contributed by atoms with E-state index in [0.717, 1.165) is 12.1 Å². The van der Waals surface area contributed by atoms with Gasteiger partial charge in [0.1, 0.15) is 12.4 Å². The number of carbonyl (C=O) groups excluding carboxylic acids is 1. The summed E-state index contributed by atoms with van der Waals surface area (Å²) in [5.41, 5.74) is 5.37. The second kappa shape index (κ2) is 8.04. The van der Waals surface area contributed by atoms with Crippen LogP contribution in [0, 0.1) is 0 Å². The van der Waals surface area contributed by atoms with E-state index in [1.807, 2.05) is 0 Å². The second-order valence-electron chi connectivity index (χ2n) is 6.77. The van der Waals surface area contributed by atoms with Crippen LogP contribution < -0.4 is 11.3 Å². The maximum atomic E-state index is 12.7. The fraction of sp³-hybridized carbons (Fsp3) is 0.250. The average molecular weight is 404 g/mol. The van der Waals surface area contributed by atoms with E-state index < -0.39 is 17.6 Å². The molecule has 1 amide bonds. The van der Waals surface area contributed by atoms with E-state index in [2.05, 4.69) is 4.98 Å². The molecule has 3 rings (SSSR count). The smallest absolute Gasteiger partial charge is 0.368 e. The van der Waals surface area contributed by atoms with Gasteiger partial charge < -0.3 is 5.73 Å². The van der Waals surface area contributed by atoms with Crippen LogP contribution in [0.5, 0.6) is 0 Å². The topological polar surface area (TPSA) is 81.2 Å². The van der Waals surface area contributed by atoms with Gasteiger partial charge in [-0.25, -0.2) is 4.98 Å². The number of nitrogens with two attached hydrogens (primary N) is 1. The van der Waals surface area contributed by atoms with E-state index in [1.165, 1.54) is 16.7 Å². The summed E-state index contributed by atoms with van der Waals surface area (Å²) in [5.74, 6) is -0.322. The number of hydrogen-bond donors (Lipinski definition) is 1. The van der Waals surface area contributed by atoms with Gasteiger partial charge in [-0.3, -0.25) is 19.1 Å². The number of nitrogens with zero attached hydrogens (tertiary/aromatic N) is 3. The molecule has 2 aromatic carbocycles. The third kappa shape index (κ3) is 4.80. The van der Waals surface area contributed by atoms with Crippen molar-refractivity contribution in [3.05, 3.63) is 75.8 Å². The summed E-state index contributed by atoms with van der Waals surface area (Å²) in [7, 11) is 1.74. The predicted molar refractivity (Wildman–Crippen MR) is 102 cm³/mol. The van der Waals surface area contributed by atoms with Crippen molar-refractivity contribution in [1.29, 1.82) is 0 Å². The molecule has 0 aliphatic carbocycles. The van der Waals surface area contributed by atoms with Crippen LogP contribution in [-0.2, 0) is 30.6 Å². The summed E-state index contributed by atoms with van der Waals surface area (Å²) in [6, 6.07) is 11.6. The Morgan fingerprint density at radius 3 is 2.38 bits per heavy atom. The first-order chi connectivity index (χ1) is 13.6. The molecule has 3 aromatic rings. The zero-order valence-electron chi connectivity index (χ0n) is 15.6. The number of primary amides is 1. The lowest BCUT2D eigenvalue weighted by molar-refractivity contribution is -0.137. The molecule has 0 saturated heterocycles. The van der Waals surface area contributed by atoms with Crippen LogP contribution in [0.15, 0.2) is 53.3 Å². The lowest BCUT2D eigenvalue weighted by Gasteiger charge is -2.19. The number of aromatic nitrogens is 2. The molecule has 0 bridgehead atoms. The van der Waals surface area contributed by atoms with Crippen LogP contribution in [0.2, 0.25) is 0 Å². The lowest BCUT2D eigenvalue weighted by atomic mass is 10.1. The quantitative estimate of drug-likeness (QED) is 0.685. The first-order valence-electron chi connectivity index (χ1n) is 8.76. The molecule has 0 spiro atoms. The van der Waals surface area contributed by atoms with E-state index in [4.69, 9.17) is 5.73 Å². The molecule has 1 aromatic heterocycles. The summed E-state index contributed by atoms with van der Waals surface area (Å²) in [4.78, 5) is 30.4. The summed E-state index contributed by atoms with van der Waals surface area (Å²) in [6.07, 6.45) is -4.38. The predicted octanol–water partition coefficient (Wildman–Crippen LogP) is 2.53. The summed E-state index contributed by atoms with van der Waals surface area (Å²) < 4.78 is 39.3. The summed E-state index contributed by atoms with van der Waals surface area (Å²) >= 11 is 0. The van der Waals surface area contributed by atoms with Crippen molar-refractivity contribution in [1.82, 2.24) is 14.5 Å². The largest absolute Gasteiger partial charge is 0.416 e. The molecule has 0 unspecified atom stereocenters. The zero-order valence-corrected chi connectivity index (χ0v) is 15.6. The van der Waals surface area contributed by atoms with E-state index in [0.29, 0.717) is 28.8 Å². The van der Waals surface area contributed by atoms with Crippen molar-refractivity contribution in [3.8, 4) is 0 Å². The SMILES string of the molecule is CN(Cc1ccc(C(F)(F)F)cc1)Cc1nc2ccccc2c(=O)n1CC(N)=O. The second-order valence-corrected chi connectivity index (χ2v) is 6.77. The molecule has 2 N–H and O–H groups in total. The number of para-hydroxylation sites is 1. The number of alkyl halides is 3. The van der Waals surface area contributed by atoms with Crippen molar-refractivity contribution >= 4 is 16.8 Å². The summed E-state index contributed by atoms with van der Waals surface area (Å²) in [5, 5.41) is 0.378. The molecule has 9 heteroatoms. The number of amides is 1. The van der Waals surface area contributed by atoms with Gasteiger partial charge in [0.2, 0.25) is 5.91 Å². The maximum Gasteiger partial charge on any atom is 0.416 e. The third-order valence-corrected chi connectivity index (χ3v) is 4.40. The molecule has 0 radical (unpaired) electrons.